The summed E-state index contributed by atoms with van der Waals surface area (Å²) in [6.07, 6.45) is 6.33. The first kappa shape index (κ1) is 65.0. The van der Waals surface area contributed by atoms with Crippen molar-refractivity contribution in [1.29, 1.82) is 10.5 Å². The fourth-order valence-electron chi connectivity index (χ4n) is 10.1. The van der Waals surface area contributed by atoms with E-state index in [1.807, 2.05) is 47.0 Å². The zero-order chi connectivity index (χ0) is 57.0. The SMILES string of the molecule is C.C.CC(=O)c1ccc2nc(CC3CC(Oc4ccnc(COc5ccc(C#N)cc5F)n4)C3)n(C[C@@H]3CCO3)c2c1.CC(=O)c1ccc2nc(CN3CCN(c4ccc(F)c(COc5ccc(C#N)cc5F)n4)C3=O)n(C[C@@H]3CCO3)c2c1.S.S. The van der Waals surface area contributed by atoms with Gasteiger partial charge in [0.05, 0.1) is 77.2 Å². The molecule has 1 aliphatic carbocycles. The van der Waals surface area contributed by atoms with E-state index in [9.17, 15) is 27.6 Å². The summed E-state index contributed by atoms with van der Waals surface area (Å²) in [5.74, 6) is 1.01. The molecule has 0 unspecified atom stereocenters. The summed E-state index contributed by atoms with van der Waals surface area (Å²) in [4.78, 5) is 63.1. The van der Waals surface area contributed by atoms with Crippen LogP contribution in [0.15, 0.2) is 97.2 Å². The van der Waals surface area contributed by atoms with Crippen LogP contribution < -0.4 is 19.1 Å². The normalized spacial score (nSPS) is 17.3. The molecule has 2 amide bonds. The van der Waals surface area contributed by atoms with E-state index < -0.39 is 17.5 Å². The molecule has 3 aliphatic heterocycles. The first-order chi connectivity index (χ1) is 39.7. The van der Waals surface area contributed by atoms with Gasteiger partial charge in [-0.25, -0.2) is 37.9 Å². The Morgan fingerprint density at radius 3 is 1.77 bits per heavy atom. The number of ketones is 2. The lowest BCUT2D eigenvalue weighted by molar-refractivity contribution is -0.0592. The predicted octanol–water partition coefficient (Wildman–Crippen LogP) is 10.9. The van der Waals surface area contributed by atoms with Gasteiger partial charge in [0.2, 0.25) is 5.88 Å². The summed E-state index contributed by atoms with van der Waals surface area (Å²) in [5.41, 5.74) is 4.93. The lowest BCUT2D eigenvalue weighted by Crippen LogP contribution is -2.36. The summed E-state index contributed by atoms with van der Waals surface area (Å²) in [5, 5.41) is 17.8. The van der Waals surface area contributed by atoms with Crippen molar-refractivity contribution in [3.8, 4) is 29.5 Å². The molecule has 0 N–H and O–H groups in total. The number of amides is 2. The Morgan fingerprint density at radius 1 is 0.674 bits per heavy atom. The van der Waals surface area contributed by atoms with Crippen molar-refractivity contribution in [2.24, 2.45) is 5.92 Å². The minimum Gasteiger partial charge on any atom is -0.484 e. The summed E-state index contributed by atoms with van der Waals surface area (Å²) in [7, 11) is 0. The smallest absolute Gasteiger partial charge is 0.326 e. The van der Waals surface area contributed by atoms with Crippen molar-refractivity contribution in [3.63, 3.8) is 0 Å². The number of hydrogen-bond acceptors (Lipinski definition) is 15. The Balaban J connectivity index is 0.000000235. The molecule has 0 spiro atoms. The highest BCUT2D eigenvalue weighted by molar-refractivity contribution is 7.59. The quantitative estimate of drug-likeness (QED) is 0.0686. The first-order valence-corrected chi connectivity index (χ1v) is 26.8. The van der Waals surface area contributed by atoms with Gasteiger partial charge in [0, 0.05) is 56.1 Å². The van der Waals surface area contributed by atoms with Crippen molar-refractivity contribution in [1.82, 2.24) is 39.0 Å². The van der Waals surface area contributed by atoms with Crippen LogP contribution in [0.5, 0.6) is 17.4 Å². The van der Waals surface area contributed by atoms with Crippen molar-refractivity contribution < 1.29 is 51.2 Å². The third-order valence-corrected chi connectivity index (χ3v) is 14.9. The van der Waals surface area contributed by atoms with Gasteiger partial charge in [0.1, 0.15) is 48.3 Å². The van der Waals surface area contributed by atoms with E-state index in [1.54, 1.807) is 30.2 Å². The fourth-order valence-corrected chi connectivity index (χ4v) is 10.1. The molecule has 4 fully saturated rings. The molecule has 12 rings (SSSR count). The number of pyridine rings is 1. The zero-order valence-corrected chi connectivity index (χ0v) is 47.8. The van der Waals surface area contributed by atoms with Crippen LogP contribution in [0.3, 0.4) is 0 Å². The monoisotopic (exact) mass is 1210 g/mol. The molecule has 4 aromatic heterocycles. The van der Waals surface area contributed by atoms with Gasteiger partial charge in [-0.15, -0.1) is 0 Å². The third-order valence-electron chi connectivity index (χ3n) is 14.9. The second kappa shape index (κ2) is 28.6. The number of carbonyl (C=O) groups is 3. The maximum absolute atomic E-state index is 14.6. The lowest BCUT2D eigenvalue weighted by Gasteiger charge is -2.35. The van der Waals surface area contributed by atoms with Crippen LogP contribution in [0.2, 0.25) is 0 Å². The molecule has 0 radical (unpaired) electrons. The first-order valence-electron chi connectivity index (χ1n) is 26.8. The molecule has 4 aromatic carbocycles. The Kier molecular flexibility index (Phi) is 21.6. The van der Waals surface area contributed by atoms with E-state index >= 15 is 0 Å². The number of aromatic nitrogens is 7. The standard InChI is InChI=1S/C30H26F2N6O4.C30H28FN5O4.2CH4.2H2S/c1-18(39)20-3-5-24-26(13-20)38(15-21-8-11-41-21)29(34-24)16-36-9-10-37(30(36)40)28-7-4-22(31)25(35-28)17-42-27-6-2-19(14-33)12-23(27)32;1-18(37)21-3-4-25-26(14-21)36(16-22-7-9-38-22)29(34-25)13-20-10-23(11-20)40-30-6-8-33-28(35-30)17-39-27-5-2-19(15-32)12-24(27)31;;;;/h2-7,12-13,21H,8-11,15-17H2,1H3;2-6,8,12,14,20,22-23H,7,9-11,13,16-17H2,1H3;2*1H4;2*1H2/t21-;20?,22-,23?;;;;/m00..../s1. The number of Topliss-reactive ketones (excluding diaryl/α,β-unsaturated/α-hetero) is 2. The molecule has 7 heterocycles. The van der Waals surface area contributed by atoms with Gasteiger partial charge in [-0.1, -0.05) is 14.9 Å². The van der Waals surface area contributed by atoms with E-state index in [2.05, 4.69) is 19.5 Å². The minimum atomic E-state index is -0.747. The number of hydrogen-bond donors (Lipinski definition) is 0. The van der Waals surface area contributed by atoms with Crippen LogP contribution in [-0.4, -0.2) is 101 Å². The lowest BCUT2D eigenvalue weighted by atomic mass is 9.80. The Morgan fingerprint density at radius 2 is 1.23 bits per heavy atom. The maximum atomic E-state index is 14.6. The number of fused-ring (bicyclic) bond motifs is 2. The Hall–Kier alpha value is -8.55. The van der Waals surface area contributed by atoms with Gasteiger partial charge in [-0.2, -0.15) is 42.5 Å². The van der Waals surface area contributed by atoms with Gasteiger partial charge in [-0.3, -0.25) is 14.5 Å². The summed E-state index contributed by atoms with van der Waals surface area (Å²) >= 11 is 0. The number of benzene rings is 4. The molecule has 19 nitrogen and oxygen atoms in total. The number of carbonyl (C=O) groups excluding carboxylic acids is 3. The number of ether oxygens (including phenoxy) is 5. The Bertz CT molecular complexity index is 3860. The third kappa shape index (κ3) is 14.6. The number of urea groups is 1. The second-order valence-electron chi connectivity index (χ2n) is 20.5. The predicted molar refractivity (Wildman–Crippen MR) is 324 cm³/mol. The van der Waals surface area contributed by atoms with Crippen molar-refractivity contribution in [2.45, 2.75) is 112 Å². The highest BCUT2D eigenvalue weighted by atomic mass is 32.1. The zero-order valence-electron chi connectivity index (χ0n) is 45.8. The number of nitriles is 2. The highest BCUT2D eigenvalue weighted by Crippen LogP contribution is 2.35. The molecule has 0 bridgehead atoms. The average molecular weight is 1210 g/mol. The van der Waals surface area contributed by atoms with Crippen LogP contribution in [0.25, 0.3) is 22.1 Å². The minimum absolute atomic E-state index is 0. The molecule has 8 aromatic rings. The van der Waals surface area contributed by atoms with E-state index in [-0.39, 0.29) is 132 Å². The largest absolute Gasteiger partial charge is 0.484 e. The van der Waals surface area contributed by atoms with Gasteiger partial charge < -0.3 is 37.7 Å². The van der Waals surface area contributed by atoms with Crippen LogP contribution in [0.4, 0.5) is 23.8 Å². The summed E-state index contributed by atoms with van der Waals surface area (Å²) < 4.78 is 75.4. The number of imidazole rings is 2. The maximum Gasteiger partial charge on any atom is 0.326 e. The van der Waals surface area contributed by atoms with Crippen LogP contribution >= 0.6 is 27.0 Å². The summed E-state index contributed by atoms with van der Waals surface area (Å²) in [6.45, 7) is 6.41. The number of rotatable bonds is 19. The fraction of sp³-hybridized carbons (Fsp3) is 0.355. The molecule has 24 heteroatoms. The van der Waals surface area contributed by atoms with Gasteiger partial charge >= 0.3 is 6.03 Å². The second-order valence-corrected chi connectivity index (χ2v) is 20.5. The van der Waals surface area contributed by atoms with Crippen LogP contribution in [0, 0.1) is 46.0 Å². The van der Waals surface area contributed by atoms with Gasteiger partial charge in [-0.05, 0) is 130 Å². The van der Waals surface area contributed by atoms with Crippen molar-refractivity contribution in [2.75, 3.05) is 31.2 Å². The molecule has 1 saturated carbocycles. The van der Waals surface area contributed by atoms with Gasteiger partial charge in [0.25, 0.3) is 0 Å². The molecular weight excluding hydrogens is 1150 g/mol. The van der Waals surface area contributed by atoms with E-state index in [0.29, 0.717) is 60.8 Å². The number of anilines is 1. The number of halogens is 3. The molecule has 450 valence electrons. The van der Waals surface area contributed by atoms with Crippen molar-refractivity contribution in [3.05, 3.63) is 160 Å². The van der Waals surface area contributed by atoms with Gasteiger partial charge in [0.15, 0.2) is 40.5 Å². The van der Waals surface area contributed by atoms with E-state index in [4.69, 9.17) is 44.2 Å². The molecular formula is C62H66F3N11O8S2. The van der Waals surface area contributed by atoms with E-state index in [1.165, 1.54) is 48.2 Å². The summed E-state index contributed by atoms with van der Waals surface area (Å²) in [6, 6.07) is 26.5. The average Bonchev–Trinajstić information content (AvgIpc) is 2.02. The highest BCUT2D eigenvalue weighted by Gasteiger charge is 2.35. The molecule has 4 aliphatic rings. The molecule has 86 heavy (non-hydrogen) atoms. The molecule has 2 atom stereocenters. The van der Waals surface area contributed by atoms with E-state index in [0.717, 1.165) is 85.3 Å². The molecule has 3 saturated heterocycles. The topological polar surface area (TPSA) is 226 Å². The van der Waals surface area contributed by atoms with Crippen LogP contribution in [0.1, 0.15) is 109 Å². The number of nitrogens with zero attached hydrogens (tertiary/aromatic N) is 11. The van der Waals surface area contributed by atoms with Crippen molar-refractivity contribution >= 4 is 72.5 Å². The Labute approximate surface area is 509 Å². The van der Waals surface area contributed by atoms with Crippen LogP contribution in [-0.2, 0) is 48.7 Å².